The number of nitro groups is 1. The number of halogens is 2. The summed E-state index contributed by atoms with van der Waals surface area (Å²) in [4.78, 5) is 22.0. The number of nitrogens with zero attached hydrogens (tertiary/aromatic N) is 1. The Kier molecular flexibility index (Phi) is 8.13. The summed E-state index contributed by atoms with van der Waals surface area (Å²) in [6, 6.07) is 7.65. The molecule has 4 N–H and O–H groups in total. The molecule has 25 heavy (non-hydrogen) atoms. The molecule has 0 aliphatic carbocycles. The molecule has 0 spiro atoms. The van der Waals surface area contributed by atoms with Crippen LogP contribution in [0.1, 0.15) is 23.7 Å². The maximum atomic E-state index is 12.0. The predicted octanol–water partition coefficient (Wildman–Crippen LogP) is 4.21. The molecule has 0 aromatic heterocycles. The number of hydrogen-bond donors (Lipinski definition) is 3. The van der Waals surface area contributed by atoms with Crippen LogP contribution in [0.3, 0.4) is 0 Å². The van der Waals surface area contributed by atoms with Gasteiger partial charge in [-0.2, -0.15) is 0 Å². The molecule has 0 bridgehead atoms. The van der Waals surface area contributed by atoms with Gasteiger partial charge < -0.3 is 16.2 Å². The molecule has 0 unspecified atom stereocenters. The normalized spacial score (nSPS) is 9.76. The van der Waals surface area contributed by atoms with E-state index in [4.69, 9.17) is 28.9 Å². The second kappa shape index (κ2) is 9.83. The van der Waals surface area contributed by atoms with Crippen molar-refractivity contribution in [3.8, 4) is 5.75 Å². The first kappa shape index (κ1) is 20.7. The number of non-ortho nitro benzene ring substituents is 1. The highest BCUT2D eigenvalue weighted by Crippen LogP contribution is 2.28. The van der Waals surface area contributed by atoms with Crippen LogP contribution in [0, 0.1) is 10.1 Å². The molecule has 1 amide bonds. The number of phenolic OH excluding ortho intramolecular Hbond substituents is 1. The first-order chi connectivity index (χ1) is 11.8. The summed E-state index contributed by atoms with van der Waals surface area (Å²) in [5, 5.41) is 23.0. The van der Waals surface area contributed by atoms with Crippen LogP contribution >= 0.6 is 23.2 Å². The molecular weight excluding hydrogens is 369 g/mol. The van der Waals surface area contributed by atoms with Gasteiger partial charge in [-0.25, -0.2) is 0 Å². The standard InChI is InChI=1S/C13H8Cl2N2O4.C3H9N/c14-7-1-4-12(18)9(5-7)13(19)16-11-3-2-8(17(20)21)6-10(11)15;1-2-3-4/h1-6,18H,(H,16,19);2-4H2,1H3. The number of carbonyl (C=O) groups excluding carboxylic acids is 1. The molecule has 0 aliphatic heterocycles. The van der Waals surface area contributed by atoms with Crippen LogP contribution < -0.4 is 11.1 Å². The third kappa shape index (κ3) is 6.22. The quantitative estimate of drug-likeness (QED) is 0.537. The van der Waals surface area contributed by atoms with Gasteiger partial charge in [0.05, 0.1) is 21.2 Å². The molecule has 0 saturated carbocycles. The lowest BCUT2D eigenvalue weighted by Gasteiger charge is -2.08. The van der Waals surface area contributed by atoms with Crippen molar-refractivity contribution in [1.29, 1.82) is 0 Å². The second-order valence-corrected chi connectivity index (χ2v) is 5.67. The summed E-state index contributed by atoms with van der Waals surface area (Å²) in [6.45, 7) is 2.88. The van der Waals surface area contributed by atoms with E-state index in [9.17, 15) is 20.0 Å². The Morgan fingerprint density at radius 3 is 2.44 bits per heavy atom. The van der Waals surface area contributed by atoms with Gasteiger partial charge in [-0.05, 0) is 37.2 Å². The third-order valence-corrected chi connectivity index (χ3v) is 3.45. The zero-order valence-corrected chi connectivity index (χ0v) is 14.8. The van der Waals surface area contributed by atoms with Crippen molar-refractivity contribution in [2.45, 2.75) is 13.3 Å². The number of nitrogens with two attached hydrogens (primary N) is 1. The van der Waals surface area contributed by atoms with E-state index in [0.29, 0.717) is 0 Å². The zero-order valence-electron chi connectivity index (χ0n) is 13.3. The van der Waals surface area contributed by atoms with Crippen molar-refractivity contribution >= 4 is 40.5 Å². The summed E-state index contributed by atoms with van der Waals surface area (Å²) in [5.74, 6) is -0.874. The molecule has 2 rings (SSSR count). The van der Waals surface area contributed by atoms with Gasteiger partial charge in [0.2, 0.25) is 0 Å². The molecule has 7 nitrogen and oxygen atoms in total. The van der Waals surface area contributed by atoms with Crippen LogP contribution in [0.4, 0.5) is 11.4 Å². The lowest BCUT2D eigenvalue weighted by atomic mass is 10.2. The fourth-order valence-corrected chi connectivity index (χ4v) is 1.99. The minimum atomic E-state index is -0.634. The van der Waals surface area contributed by atoms with E-state index in [1.807, 2.05) is 0 Å². The number of anilines is 1. The summed E-state index contributed by atoms with van der Waals surface area (Å²) in [7, 11) is 0. The highest BCUT2D eigenvalue weighted by molar-refractivity contribution is 6.34. The van der Waals surface area contributed by atoms with Crippen molar-refractivity contribution < 1.29 is 14.8 Å². The number of phenols is 1. The van der Waals surface area contributed by atoms with Crippen LogP contribution in [0.25, 0.3) is 0 Å². The Labute approximate surface area is 154 Å². The van der Waals surface area contributed by atoms with Gasteiger partial charge in [0.15, 0.2) is 0 Å². The van der Waals surface area contributed by atoms with Gasteiger partial charge in [0.1, 0.15) is 5.75 Å². The Morgan fingerprint density at radius 2 is 1.92 bits per heavy atom. The van der Waals surface area contributed by atoms with E-state index in [0.717, 1.165) is 19.0 Å². The van der Waals surface area contributed by atoms with Crippen LogP contribution in [0.2, 0.25) is 10.0 Å². The maximum Gasteiger partial charge on any atom is 0.271 e. The molecule has 9 heteroatoms. The maximum absolute atomic E-state index is 12.0. The number of benzene rings is 2. The van der Waals surface area contributed by atoms with Crippen molar-refractivity contribution in [3.05, 3.63) is 62.1 Å². The molecule has 0 radical (unpaired) electrons. The molecule has 134 valence electrons. The molecule has 2 aromatic rings. The molecular formula is C16H17Cl2N3O4. The minimum absolute atomic E-state index is 0.0130. The molecule has 2 aromatic carbocycles. The lowest BCUT2D eigenvalue weighted by molar-refractivity contribution is -0.384. The first-order valence-corrected chi connectivity index (χ1v) is 7.99. The Balaban J connectivity index is 0.000000705. The van der Waals surface area contributed by atoms with Crippen molar-refractivity contribution in [1.82, 2.24) is 0 Å². The monoisotopic (exact) mass is 385 g/mol. The summed E-state index contributed by atoms with van der Waals surface area (Å²) in [6.07, 6.45) is 1.10. The number of carbonyl (C=O) groups is 1. The van der Waals surface area contributed by atoms with Gasteiger partial charge >= 0.3 is 0 Å². The molecule has 0 saturated heterocycles. The fraction of sp³-hybridized carbons (Fsp3) is 0.188. The number of hydrogen-bond acceptors (Lipinski definition) is 5. The smallest absolute Gasteiger partial charge is 0.271 e. The SMILES string of the molecule is CCCN.O=C(Nc1ccc([N+](=O)[O-])cc1Cl)c1cc(Cl)ccc1O. The van der Waals surface area contributed by atoms with Crippen molar-refractivity contribution in [2.24, 2.45) is 5.73 Å². The van der Waals surface area contributed by atoms with Gasteiger partial charge in [0.25, 0.3) is 11.6 Å². The third-order valence-electron chi connectivity index (χ3n) is 2.90. The summed E-state index contributed by atoms with van der Waals surface area (Å²) in [5.41, 5.74) is 4.99. The minimum Gasteiger partial charge on any atom is -0.507 e. The van der Waals surface area contributed by atoms with Gasteiger partial charge in [-0.3, -0.25) is 14.9 Å². The van der Waals surface area contributed by atoms with Crippen molar-refractivity contribution in [3.63, 3.8) is 0 Å². The highest BCUT2D eigenvalue weighted by atomic mass is 35.5. The Hall–Kier alpha value is -2.35. The number of aromatic hydroxyl groups is 1. The number of nitrogens with one attached hydrogen (secondary N) is 1. The largest absolute Gasteiger partial charge is 0.507 e. The number of nitro benzene ring substituents is 1. The summed E-state index contributed by atoms with van der Waals surface area (Å²) >= 11 is 11.6. The summed E-state index contributed by atoms with van der Waals surface area (Å²) < 4.78 is 0. The molecule has 0 fully saturated rings. The van der Waals surface area contributed by atoms with E-state index in [1.165, 1.54) is 30.3 Å². The van der Waals surface area contributed by atoms with Crippen LogP contribution in [-0.4, -0.2) is 22.5 Å². The van der Waals surface area contributed by atoms with Crippen molar-refractivity contribution in [2.75, 3.05) is 11.9 Å². The van der Waals surface area contributed by atoms with Crippen LogP contribution in [-0.2, 0) is 0 Å². The van der Waals surface area contributed by atoms with E-state index >= 15 is 0 Å². The zero-order chi connectivity index (χ0) is 19.0. The Morgan fingerprint density at radius 1 is 1.28 bits per heavy atom. The topological polar surface area (TPSA) is 118 Å². The average Bonchev–Trinajstić information content (AvgIpc) is 2.58. The fourth-order valence-electron chi connectivity index (χ4n) is 1.60. The second-order valence-electron chi connectivity index (χ2n) is 4.83. The average molecular weight is 386 g/mol. The van der Waals surface area contributed by atoms with E-state index < -0.39 is 10.8 Å². The predicted molar refractivity (Wildman–Crippen MR) is 98.5 cm³/mol. The lowest BCUT2D eigenvalue weighted by Crippen LogP contribution is -2.12. The molecule has 0 heterocycles. The van der Waals surface area contributed by atoms with Crippen LogP contribution in [0.15, 0.2) is 36.4 Å². The van der Waals surface area contributed by atoms with Gasteiger partial charge in [-0.15, -0.1) is 0 Å². The van der Waals surface area contributed by atoms with E-state index in [1.54, 1.807) is 0 Å². The molecule has 0 atom stereocenters. The molecule has 0 aliphatic rings. The van der Waals surface area contributed by atoms with E-state index in [-0.39, 0.29) is 32.7 Å². The van der Waals surface area contributed by atoms with E-state index in [2.05, 4.69) is 12.2 Å². The number of amides is 1. The highest BCUT2D eigenvalue weighted by Gasteiger charge is 2.15. The van der Waals surface area contributed by atoms with Gasteiger partial charge in [-0.1, -0.05) is 30.1 Å². The first-order valence-electron chi connectivity index (χ1n) is 7.24. The Bertz CT molecular complexity index is 767. The van der Waals surface area contributed by atoms with Crippen LogP contribution in [0.5, 0.6) is 5.75 Å². The van der Waals surface area contributed by atoms with Gasteiger partial charge in [0, 0.05) is 17.2 Å². The number of rotatable bonds is 4.